The predicted molar refractivity (Wildman–Crippen MR) is 82.0 cm³/mol. The number of nitrogens with one attached hydrogen (secondary N) is 1. The van der Waals surface area contributed by atoms with Crippen LogP contribution >= 0.6 is 0 Å². The van der Waals surface area contributed by atoms with Gasteiger partial charge in [0.25, 0.3) is 0 Å². The average molecular weight is 255 g/mol. The highest BCUT2D eigenvalue weighted by molar-refractivity contribution is 5.94. The van der Waals surface area contributed by atoms with Crippen molar-refractivity contribution in [1.82, 2.24) is 4.98 Å². The number of fused-ring (bicyclic) bond motifs is 1. The lowest BCUT2D eigenvalue weighted by molar-refractivity contribution is 0.726. The number of nitrogens with zero attached hydrogens (tertiary/aromatic N) is 2. The molecule has 1 aromatic heterocycles. The Kier molecular flexibility index (Phi) is 3.53. The summed E-state index contributed by atoms with van der Waals surface area (Å²) in [4.78, 5) is 7.10. The molecular weight excluding hydrogens is 234 g/mol. The van der Waals surface area contributed by atoms with Crippen LogP contribution in [0.2, 0.25) is 0 Å². The third-order valence-corrected chi connectivity index (χ3v) is 3.94. The molecule has 0 aliphatic carbocycles. The summed E-state index contributed by atoms with van der Waals surface area (Å²) in [5.41, 5.74) is 1.15. The van der Waals surface area contributed by atoms with Gasteiger partial charge in [0, 0.05) is 37.4 Å². The van der Waals surface area contributed by atoms with Gasteiger partial charge in [-0.25, -0.2) is 4.98 Å². The summed E-state index contributed by atoms with van der Waals surface area (Å²) < 4.78 is 0. The summed E-state index contributed by atoms with van der Waals surface area (Å²) >= 11 is 0. The molecular formula is C16H21N3. The molecule has 3 nitrogen and oxygen atoms in total. The molecule has 0 atom stereocenters. The number of aromatic nitrogens is 1. The summed E-state index contributed by atoms with van der Waals surface area (Å²) in [5, 5.41) is 5.75. The largest absolute Gasteiger partial charge is 0.388 e. The van der Waals surface area contributed by atoms with Gasteiger partial charge in [0.1, 0.15) is 5.82 Å². The number of benzene rings is 1. The predicted octanol–water partition coefficient (Wildman–Crippen LogP) is 3.66. The molecule has 1 aromatic carbocycles. The number of hydrogen-bond donors (Lipinski definition) is 1. The standard InChI is InChI=1S/C16H21N3/c1-17-14-7-6-13-8-9-18-16(15(13)12-14)19-10-4-2-3-5-11-19/h6-9,12,17H,2-5,10-11H2,1H3. The Bertz CT molecular complexity index is 557. The van der Waals surface area contributed by atoms with Gasteiger partial charge in [-0.3, -0.25) is 0 Å². The van der Waals surface area contributed by atoms with Crippen molar-refractivity contribution in [2.75, 3.05) is 30.4 Å². The van der Waals surface area contributed by atoms with Crippen LogP contribution in [0.5, 0.6) is 0 Å². The van der Waals surface area contributed by atoms with Crippen molar-refractivity contribution in [2.24, 2.45) is 0 Å². The molecule has 0 unspecified atom stereocenters. The van der Waals surface area contributed by atoms with Gasteiger partial charge in [0.05, 0.1) is 0 Å². The van der Waals surface area contributed by atoms with Crippen molar-refractivity contribution < 1.29 is 0 Å². The van der Waals surface area contributed by atoms with Gasteiger partial charge >= 0.3 is 0 Å². The smallest absolute Gasteiger partial charge is 0.136 e. The minimum atomic E-state index is 1.13. The maximum absolute atomic E-state index is 4.65. The fraction of sp³-hybridized carbons (Fsp3) is 0.438. The van der Waals surface area contributed by atoms with E-state index in [4.69, 9.17) is 0 Å². The molecule has 2 heterocycles. The second-order valence-electron chi connectivity index (χ2n) is 5.22. The second kappa shape index (κ2) is 5.47. The van der Waals surface area contributed by atoms with E-state index in [0.29, 0.717) is 0 Å². The first-order chi connectivity index (χ1) is 9.38. The first-order valence-electron chi connectivity index (χ1n) is 7.20. The van der Waals surface area contributed by atoms with Crippen LogP contribution in [0.3, 0.4) is 0 Å². The molecule has 0 radical (unpaired) electrons. The zero-order valence-corrected chi connectivity index (χ0v) is 11.5. The molecule has 1 saturated heterocycles. The lowest BCUT2D eigenvalue weighted by atomic mass is 10.1. The van der Waals surface area contributed by atoms with Crippen LogP contribution in [-0.4, -0.2) is 25.1 Å². The molecule has 2 aromatic rings. The van der Waals surface area contributed by atoms with E-state index in [0.717, 1.165) is 24.6 Å². The summed E-state index contributed by atoms with van der Waals surface area (Å²) in [5.74, 6) is 1.15. The summed E-state index contributed by atoms with van der Waals surface area (Å²) in [6.07, 6.45) is 7.20. The van der Waals surface area contributed by atoms with E-state index in [1.54, 1.807) is 0 Å². The summed E-state index contributed by atoms with van der Waals surface area (Å²) in [6.45, 7) is 2.27. The van der Waals surface area contributed by atoms with Gasteiger partial charge in [0.15, 0.2) is 0 Å². The topological polar surface area (TPSA) is 28.2 Å². The molecule has 1 aliphatic rings. The van der Waals surface area contributed by atoms with E-state index in [9.17, 15) is 0 Å². The van der Waals surface area contributed by atoms with Crippen molar-refractivity contribution >= 4 is 22.3 Å². The van der Waals surface area contributed by atoms with Gasteiger partial charge in [-0.1, -0.05) is 18.9 Å². The zero-order chi connectivity index (χ0) is 13.1. The van der Waals surface area contributed by atoms with Crippen LogP contribution in [0, 0.1) is 0 Å². The van der Waals surface area contributed by atoms with Crippen molar-refractivity contribution in [3.63, 3.8) is 0 Å². The maximum atomic E-state index is 4.65. The van der Waals surface area contributed by atoms with Crippen molar-refractivity contribution in [3.8, 4) is 0 Å². The van der Waals surface area contributed by atoms with E-state index in [-0.39, 0.29) is 0 Å². The molecule has 19 heavy (non-hydrogen) atoms. The van der Waals surface area contributed by atoms with Crippen molar-refractivity contribution in [3.05, 3.63) is 30.5 Å². The highest BCUT2D eigenvalue weighted by atomic mass is 15.2. The van der Waals surface area contributed by atoms with Gasteiger partial charge in [0.2, 0.25) is 0 Å². The molecule has 1 fully saturated rings. The summed E-state index contributed by atoms with van der Waals surface area (Å²) in [7, 11) is 1.96. The number of anilines is 2. The van der Waals surface area contributed by atoms with E-state index >= 15 is 0 Å². The SMILES string of the molecule is CNc1ccc2ccnc(N3CCCCCC3)c2c1. The van der Waals surface area contributed by atoms with Crippen LogP contribution in [0.25, 0.3) is 10.8 Å². The number of rotatable bonds is 2. The molecule has 1 N–H and O–H groups in total. The van der Waals surface area contributed by atoms with Crippen LogP contribution in [0.1, 0.15) is 25.7 Å². The van der Waals surface area contributed by atoms with Crippen molar-refractivity contribution in [2.45, 2.75) is 25.7 Å². The lowest BCUT2D eigenvalue weighted by Gasteiger charge is -2.23. The molecule has 0 spiro atoms. The third-order valence-electron chi connectivity index (χ3n) is 3.94. The molecule has 3 rings (SSSR count). The molecule has 3 heteroatoms. The van der Waals surface area contributed by atoms with Gasteiger partial charge in [-0.05, 0) is 36.4 Å². The molecule has 0 saturated carbocycles. The molecule has 100 valence electrons. The molecule has 0 amide bonds. The van der Waals surface area contributed by atoms with Gasteiger partial charge in [-0.2, -0.15) is 0 Å². The number of hydrogen-bond acceptors (Lipinski definition) is 3. The van der Waals surface area contributed by atoms with Crippen LogP contribution in [0.15, 0.2) is 30.5 Å². The Hall–Kier alpha value is -1.77. The van der Waals surface area contributed by atoms with Crippen molar-refractivity contribution in [1.29, 1.82) is 0 Å². The van der Waals surface area contributed by atoms with E-state index < -0.39 is 0 Å². The Balaban J connectivity index is 2.05. The minimum Gasteiger partial charge on any atom is -0.388 e. The van der Waals surface area contributed by atoms with Crippen LogP contribution < -0.4 is 10.2 Å². The van der Waals surface area contributed by atoms with E-state index in [1.807, 2.05) is 13.2 Å². The Morgan fingerprint density at radius 2 is 1.84 bits per heavy atom. The second-order valence-corrected chi connectivity index (χ2v) is 5.22. The van der Waals surface area contributed by atoms with E-state index in [1.165, 1.54) is 36.5 Å². The fourth-order valence-electron chi connectivity index (χ4n) is 2.84. The number of pyridine rings is 1. The van der Waals surface area contributed by atoms with Crippen LogP contribution in [0.4, 0.5) is 11.5 Å². The van der Waals surface area contributed by atoms with Crippen LogP contribution in [-0.2, 0) is 0 Å². The first kappa shape index (κ1) is 12.3. The molecule has 0 bridgehead atoms. The lowest BCUT2D eigenvalue weighted by Crippen LogP contribution is -2.25. The average Bonchev–Trinajstić information content (AvgIpc) is 2.75. The molecule has 1 aliphatic heterocycles. The summed E-state index contributed by atoms with van der Waals surface area (Å²) in [6, 6.07) is 8.59. The maximum Gasteiger partial charge on any atom is 0.136 e. The third kappa shape index (κ3) is 2.50. The monoisotopic (exact) mass is 255 g/mol. The highest BCUT2D eigenvalue weighted by Crippen LogP contribution is 2.28. The Labute approximate surface area is 114 Å². The minimum absolute atomic E-state index is 1.13. The zero-order valence-electron chi connectivity index (χ0n) is 11.5. The quantitative estimate of drug-likeness (QED) is 0.887. The first-order valence-corrected chi connectivity index (χ1v) is 7.20. The Morgan fingerprint density at radius 1 is 1.05 bits per heavy atom. The van der Waals surface area contributed by atoms with Gasteiger partial charge in [-0.15, -0.1) is 0 Å². The normalized spacial score (nSPS) is 16.4. The fourth-order valence-corrected chi connectivity index (χ4v) is 2.84. The Morgan fingerprint density at radius 3 is 2.58 bits per heavy atom. The van der Waals surface area contributed by atoms with E-state index in [2.05, 4.69) is 39.5 Å². The van der Waals surface area contributed by atoms with Gasteiger partial charge < -0.3 is 10.2 Å². The highest BCUT2D eigenvalue weighted by Gasteiger charge is 2.13.